The van der Waals surface area contributed by atoms with Gasteiger partial charge < -0.3 is 9.31 Å². The molecule has 0 aliphatic carbocycles. The van der Waals surface area contributed by atoms with Crippen molar-refractivity contribution in [2.24, 2.45) is 0 Å². The SMILES string of the molecule is CC1(C)OB(c2ccc(C(C)(c3cccc(C(F)(F)F)c3)C(F)(F)F)cc2)OC1(C)C. The van der Waals surface area contributed by atoms with E-state index in [1.807, 2.05) is 27.7 Å². The summed E-state index contributed by atoms with van der Waals surface area (Å²) in [4.78, 5) is 0. The van der Waals surface area contributed by atoms with Crippen molar-refractivity contribution in [1.29, 1.82) is 0 Å². The van der Waals surface area contributed by atoms with Gasteiger partial charge in [0, 0.05) is 0 Å². The van der Waals surface area contributed by atoms with Crippen molar-refractivity contribution in [2.45, 2.75) is 63.6 Å². The zero-order valence-electron chi connectivity index (χ0n) is 17.8. The highest BCUT2D eigenvalue weighted by atomic mass is 19.4. The summed E-state index contributed by atoms with van der Waals surface area (Å²) in [5.41, 5.74) is -5.14. The molecule has 0 radical (unpaired) electrons. The first-order valence-corrected chi connectivity index (χ1v) is 9.69. The summed E-state index contributed by atoms with van der Waals surface area (Å²) in [6, 6.07) is 8.77. The highest BCUT2D eigenvalue weighted by molar-refractivity contribution is 6.62. The van der Waals surface area contributed by atoms with Gasteiger partial charge in [0.15, 0.2) is 0 Å². The van der Waals surface area contributed by atoms with Crippen molar-refractivity contribution in [3.8, 4) is 0 Å². The Labute approximate surface area is 177 Å². The fourth-order valence-corrected chi connectivity index (χ4v) is 3.45. The molecule has 2 aromatic rings. The summed E-state index contributed by atoms with van der Waals surface area (Å²) in [6.07, 6.45) is -9.58. The number of halogens is 6. The van der Waals surface area contributed by atoms with Crippen molar-refractivity contribution in [1.82, 2.24) is 0 Å². The molecule has 168 valence electrons. The predicted octanol–water partition coefficient (Wildman–Crippen LogP) is 5.87. The first-order chi connectivity index (χ1) is 14.0. The molecule has 1 saturated heterocycles. The number of hydrogen-bond acceptors (Lipinski definition) is 2. The van der Waals surface area contributed by atoms with Gasteiger partial charge in [-0.2, -0.15) is 26.3 Å². The molecule has 31 heavy (non-hydrogen) atoms. The van der Waals surface area contributed by atoms with Crippen LogP contribution in [0, 0.1) is 0 Å². The highest BCUT2D eigenvalue weighted by Crippen LogP contribution is 2.47. The molecule has 1 aliphatic heterocycles. The van der Waals surface area contributed by atoms with E-state index in [2.05, 4.69) is 0 Å². The second kappa shape index (κ2) is 7.27. The molecule has 0 amide bonds. The van der Waals surface area contributed by atoms with Gasteiger partial charge in [-0.25, -0.2) is 0 Å². The molecule has 9 heteroatoms. The summed E-state index contributed by atoms with van der Waals surface area (Å²) < 4.78 is 93.6. The minimum Gasteiger partial charge on any atom is -0.399 e. The lowest BCUT2D eigenvalue weighted by Gasteiger charge is -2.33. The number of benzene rings is 2. The quantitative estimate of drug-likeness (QED) is 0.436. The number of hydrogen-bond donors (Lipinski definition) is 0. The Morgan fingerprint density at radius 1 is 0.710 bits per heavy atom. The largest absolute Gasteiger partial charge is 0.494 e. The van der Waals surface area contributed by atoms with Gasteiger partial charge in [-0.05, 0) is 57.3 Å². The van der Waals surface area contributed by atoms with Gasteiger partial charge in [0.1, 0.15) is 5.41 Å². The topological polar surface area (TPSA) is 18.5 Å². The van der Waals surface area contributed by atoms with Gasteiger partial charge in [-0.15, -0.1) is 0 Å². The van der Waals surface area contributed by atoms with Crippen molar-refractivity contribution in [2.75, 3.05) is 0 Å². The molecule has 1 aliphatic rings. The van der Waals surface area contributed by atoms with Crippen LogP contribution in [0.1, 0.15) is 51.3 Å². The average molecular weight is 444 g/mol. The summed E-state index contributed by atoms with van der Waals surface area (Å²) in [7, 11) is -0.759. The third-order valence-corrected chi connectivity index (χ3v) is 6.35. The molecule has 0 aromatic heterocycles. The van der Waals surface area contributed by atoms with E-state index >= 15 is 0 Å². The molecule has 1 fully saturated rings. The minimum absolute atomic E-state index is 0.181. The van der Waals surface area contributed by atoms with Crippen LogP contribution in [0.15, 0.2) is 48.5 Å². The van der Waals surface area contributed by atoms with E-state index in [9.17, 15) is 26.3 Å². The van der Waals surface area contributed by atoms with Crippen LogP contribution in [-0.2, 0) is 20.9 Å². The zero-order valence-corrected chi connectivity index (χ0v) is 17.8. The van der Waals surface area contributed by atoms with Gasteiger partial charge in [0.25, 0.3) is 0 Å². The van der Waals surface area contributed by atoms with Gasteiger partial charge in [0.05, 0.1) is 16.8 Å². The maximum Gasteiger partial charge on any atom is 0.494 e. The third kappa shape index (κ3) is 4.10. The molecule has 2 aromatic carbocycles. The van der Waals surface area contributed by atoms with E-state index in [1.54, 1.807) is 0 Å². The molecular formula is C22H23BF6O2. The molecule has 1 unspecified atom stereocenters. The summed E-state index contributed by atoms with van der Waals surface area (Å²) in [6.45, 7) is 8.31. The van der Waals surface area contributed by atoms with Crippen LogP contribution in [0.4, 0.5) is 26.3 Å². The Bertz CT molecular complexity index is 934. The summed E-state index contributed by atoms with van der Waals surface area (Å²) in [5, 5.41) is 0. The molecule has 1 atom stereocenters. The van der Waals surface area contributed by atoms with Crippen molar-refractivity contribution in [3.05, 3.63) is 65.2 Å². The van der Waals surface area contributed by atoms with Crippen LogP contribution in [0.3, 0.4) is 0 Å². The number of alkyl halides is 6. The standard InChI is InChI=1S/C22H23BF6O2/c1-18(2)19(3,4)31-23(30-18)17-11-9-14(10-12-17)20(5,22(27,28)29)15-7-6-8-16(13-15)21(24,25)26/h6-13H,1-5H3. The zero-order chi connectivity index (χ0) is 23.5. The fraction of sp³-hybridized carbons (Fsp3) is 0.455. The Hall–Kier alpha value is -2.00. The maximum absolute atomic E-state index is 14.2. The second-order valence-corrected chi connectivity index (χ2v) is 8.91. The molecule has 0 bridgehead atoms. The predicted molar refractivity (Wildman–Crippen MR) is 106 cm³/mol. The molecule has 2 nitrogen and oxygen atoms in total. The van der Waals surface area contributed by atoms with Gasteiger partial charge >= 0.3 is 19.5 Å². The van der Waals surface area contributed by atoms with E-state index in [-0.39, 0.29) is 5.56 Å². The van der Waals surface area contributed by atoms with Gasteiger partial charge in [-0.1, -0.05) is 42.5 Å². The molecule has 3 rings (SSSR count). The Morgan fingerprint density at radius 3 is 1.65 bits per heavy atom. The maximum atomic E-state index is 14.2. The van der Waals surface area contributed by atoms with Gasteiger partial charge in [-0.3, -0.25) is 0 Å². The van der Waals surface area contributed by atoms with Crippen LogP contribution in [0.25, 0.3) is 0 Å². The van der Waals surface area contributed by atoms with E-state index in [0.717, 1.165) is 25.1 Å². The van der Waals surface area contributed by atoms with Crippen LogP contribution < -0.4 is 5.46 Å². The lowest BCUT2D eigenvalue weighted by Crippen LogP contribution is -2.41. The second-order valence-electron chi connectivity index (χ2n) is 8.91. The molecule has 0 N–H and O–H groups in total. The Balaban J connectivity index is 2.02. The molecule has 0 spiro atoms. The van der Waals surface area contributed by atoms with E-state index in [1.165, 1.54) is 24.3 Å². The van der Waals surface area contributed by atoms with Crippen LogP contribution >= 0.6 is 0 Å². The van der Waals surface area contributed by atoms with E-state index in [0.29, 0.717) is 11.5 Å². The first-order valence-electron chi connectivity index (χ1n) is 9.69. The van der Waals surface area contributed by atoms with Crippen LogP contribution in [0.2, 0.25) is 0 Å². The number of rotatable bonds is 3. The van der Waals surface area contributed by atoms with Gasteiger partial charge in [0.2, 0.25) is 0 Å². The third-order valence-electron chi connectivity index (χ3n) is 6.35. The monoisotopic (exact) mass is 444 g/mol. The van der Waals surface area contributed by atoms with Crippen molar-refractivity contribution in [3.63, 3.8) is 0 Å². The van der Waals surface area contributed by atoms with Crippen molar-refractivity contribution < 1.29 is 35.7 Å². The van der Waals surface area contributed by atoms with E-state index < -0.39 is 47.2 Å². The molecule has 0 saturated carbocycles. The first kappa shape index (κ1) is 23.7. The van der Waals surface area contributed by atoms with Crippen LogP contribution in [-0.4, -0.2) is 24.5 Å². The average Bonchev–Trinajstić information content (AvgIpc) is 2.87. The summed E-state index contributed by atoms with van der Waals surface area (Å²) >= 11 is 0. The van der Waals surface area contributed by atoms with Crippen LogP contribution in [0.5, 0.6) is 0 Å². The minimum atomic E-state index is -4.83. The summed E-state index contributed by atoms with van der Waals surface area (Å²) in [5.74, 6) is 0. The molecular weight excluding hydrogens is 421 g/mol. The smallest absolute Gasteiger partial charge is 0.399 e. The normalized spacial score (nSPS) is 20.5. The lowest BCUT2D eigenvalue weighted by atomic mass is 9.72. The van der Waals surface area contributed by atoms with E-state index in [4.69, 9.17) is 9.31 Å². The highest BCUT2D eigenvalue weighted by Gasteiger charge is 2.55. The van der Waals surface area contributed by atoms with Crippen molar-refractivity contribution >= 4 is 12.6 Å². The fourth-order valence-electron chi connectivity index (χ4n) is 3.45. The Morgan fingerprint density at radius 2 is 1.19 bits per heavy atom. The lowest BCUT2D eigenvalue weighted by molar-refractivity contribution is -0.173. The molecule has 1 heterocycles. The Kier molecular flexibility index (Phi) is 5.55.